The second-order valence-corrected chi connectivity index (χ2v) is 6.65. The van der Waals surface area contributed by atoms with Crippen LogP contribution < -0.4 is 11.1 Å². The van der Waals surface area contributed by atoms with Gasteiger partial charge in [0.2, 0.25) is 0 Å². The van der Waals surface area contributed by atoms with Crippen molar-refractivity contribution in [2.45, 2.75) is 52.5 Å². The zero-order chi connectivity index (χ0) is 13.7. The molecule has 1 aliphatic rings. The smallest absolute Gasteiger partial charge is 0.0314 e. The summed E-state index contributed by atoms with van der Waals surface area (Å²) in [5.41, 5.74) is 8.44. The van der Waals surface area contributed by atoms with E-state index in [1.165, 1.54) is 37.7 Å². The number of nitrogens with one attached hydrogen (secondary N) is 1. The molecule has 0 atom stereocenters. The summed E-state index contributed by atoms with van der Waals surface area (Å²) in [6.07, 6.45) is 6.99. The van der Waals surface area contributed by atoms with Crippen molar-refractivity contribution in [1.29, 1.82) is 0 Å². The second kappa shape index (κ2) is 6.42. The minimum atomic E-state index is 0.558. The van der Waals surface area contributed by atoms with Crippen LogP contribution in [0.25, 0.3) is 0 Å². The third kappa shape index (κ3) is 4.24. The van der Waals surface area contributed by atoms with Gasteiger partial charge in [-0.05, 0) is 48.3 Å². The van der Waals surface area contributed by atoms with Gasteiger partial charge in [-0.15, -0.1) is 0 Å². The standard InChI is InChI=1S/C17H28N2/c1-14(2)11-17(9-3-4-10-17)13-19-12-15-5-7-16(18)8-6-15/h5-8,14,19H,3-4,9-13,18H2,1-2H3. The quantitative estimate of drug-likeness (QED) is 0.760. The maximum atomic E-state index is 5.71. The normalized spacial score (nSPS) is 18.1. The number of nitrogen functional groups attached to an aromatic ring is 1. The molecule has 19 heavy (non-hydrogen) atoms. The summed E-state index contributed by atoms with van der Waals surface area (Å²) in [6.45, 7) is 6.82. The fraction of sp³-hybridized carbons (Fsp3) is 0.647. The molecule has 1 saturated carbocycles. The largest absolute Gasteiger partial charge is 0.399 e. The van der Waals surface area contributed by atoms with Gasteiger partial charge in [0.15, 0.2) is 0 Å². The third-order valence-corrected chi connectivity index (χ3v) is 4.31. The summed E-state index contributed by atoms with van der Waals surface area (Å²) >= 11 is 0. The average Bonchev–Trinajstić information content (AvgIpc) is 2.79. The fourth-order valence-electron chi connectivity index (χ4n) is 3.55. The van der Waals surface area contributed by atoms with Gasteiger partial charge in [0, 0.05) is 18.8 Å². The van der Waals surface area contributed by atoms with Crippen LogP contribution in [-0.2, 0) is 6.54 Å². The van der Waals surface area contributed by atoms with E-state index >= 15 is 0 Å². The zero-order valence-corrected chi connectivity index (χ0v) is 12.4. The Morgan fingerprint density at radius 3 is 2.37 bits per heavy atom. The summed E-state index contributed by atoms with van der Waals surface area (Å²) in [5, 5.41) is 3.67. The Morgan fingerprint density at radius 1 is 1.16 bits per heavy atom. The molecule has 3 N–H and O–H groups in total. The van der Waals surface area contributed by atoms with Crippen molar-refractivity contribution in [1.82, 2.24) is 5.32 Å². The highest BCUT2D eigenvalue weighted by atomic mass is 14.9. The number of rotatable bonds is 6. The van der Waals surface area contributed by atoms with Crippen molar-refractivity contribution < 1.29 is 0 Å². The predicted octanol–water partition coefficient (Wildman–Crippen LogP) is 3.96. The minimum Gasteiger partial charge on any atom is -0.399 e. The molecule has 0 radical (unpaired) electrons. The van der Waals surface area contributed by atoms with E-state index in [0.717, 1.165) is 24.7 Å². The summed E-state index contributed by atoms with van der Waals surface area (Å²) in [5.74, 6) is 0.802. The van der Waals surface area contributed by atoms with Crippen molar-refractivity contribution in [3.8, 4) is 0 Å². The lowest BCUT2D eigenvalue weighted by Gasteiger charge is -2.31. The molecule has 106 valence electrons. The van der Waals surface area contributed by atoms with Crippen molar-refractivity contribution >= 4 is 5.69 Å². The van der Waals surface area contributed by atoms with Crippen molar-refractivity contribution in [2.75, 3.05) is 12.3 Å². The first kappa shape index (κ1) is 14.4. The van der Waals surface area contributed by atoms with E-state index in [9.17, 15) is 0 Å². The van der Waals surface area contributed by atoms with Gasteiger partial charge in [0.1, 0.15) is 0 Å². The number of anilines is 1. The van der Waals surface area contributed by atoms with Crippen LogP contribution >= 0.6 is 0 Å². The van der Waals surface area contributed by atoms with Crippen molar-refractivity contribution in [3.63, 3.8) is 0 Å². The number of benzene rings is 1. The maximum absolute atomic E-state index is 5.71. The third-order valence-electron chi connectivity index (χ3n) is 4.31. The summed E-state index contributed by atoms with van der Waals surface area (Å²) in [7, 11) is 0. The van der Waals surface area contributed by atoms with Gasteiger partial charge in [0.25, 0.3) is 0 Å². The summed E-state index contributed by atoms with van der Waals surface area (Å²) < 4.78 is 0. The van der Waals surface area contributed by atoms with E-state index < -0.39 is 0 Å². The number of hydrogen-bond donors (Lipinski definition) is 2. The topological polar surface area (TPSA) is 38.0 Å². The zero-order valence-electron chi connectivity index (χ0n) is 12.4. The Morgan fingerprint density at radius 2 is 1.79 bits per heavy atom. The van der Waals surface area contributed by atoms with E-state index in [-0.39, 0.29) is 0 Å². The molecular formula is C17H28N2. The Labute approximate surface area is 117 Å². The fourth-order valence-corrected chi connectivity index (χ4v) is 3.55. The van der Waals surface area contributed by atoms with Crippen LogP contribution in [0.1, 0.15) is 51.5 Å². The Bertz CT molecular complexity index is 375. The van der Waals surface area contributed by atoms with Crippen molar-refractivity contribution in [3.05, 3.63) is 29.8 Å². The van der Waals surface area contributed by atoms with Crippen LogP contribution in [0.4, 0.5) is 5.69 Å². The lowest BCUT2D eigenvalue weighted by atomic mass is 9.78. The van der Waals surface area contributed by atoms with E-state index in [4.69, 9.17) is 5.73 Å². The molecule has 1 aromatic carbocycles. The molecule has 0 bridgehead atoms. The SMILES string of the molecule is CC(C)CC1(CNCc2ccc(N)cc2)CCCC1. The Balaban J connectivity index is 1.84. The summed E-state index contributed by atoms with van der Waals surface area (Å²) in [4.78, 5) is 0. The van der Waals surface area contributed by atoms with Crippen molar-refractivity contribution in [2.24, 2.45) is 11.3 Å². The molecule has 0 saturated heterocycles. The van der Waals surface area contributed by atoms with E-state index in [1.807, 2.05) is 12.1 Å². The van der Waals surface area contributed by atoms with Crippen LogP contribution in [0.5, 0.6) is 0 Å². The molecule has 2 heteroatoms. The Hall–Kier alpha value is -1.02. The van der Waals surface area contributed by atoms with Crippen LogP contribution in [0.2, 0.25) is 0 Å². The Kier molecular flexibility index (Phi) is 4.87. The molecule has 2 rings (SSSR count). The first-order chi connectivity index (χ1) is 9.10. The van der Waals surface area contributed by atoms with E-state index in [2.05, 4.69) is 31.3 Å². The van der Waals surface area contributed by atoms with Gasteiger partial charge in [-0.2, -0.15) is 0 Å². The lowest BCUT2D eigenvalue weighted by molar-refractivity contribution is 0.223. The van der Waals surface area contributed by atoms with E-state index in [0.29, 0.717) is 5.41 Å². The molecular weight excluding hydrogens is 232 g/mol. The lowest BCUT2D eigenvalue weighted by Crippen LogP contribution is -2.33. The highest BCUT2D eigenvalue weighted by molar-refractivity contribution is 5.39. The highest BCUT2D eigenvalue weighted by Gasteiger charge is 2.33. The minimum absolute atomic E-state index is 0.558. The summed E-state index contributed by atoms with van der Waals surface area (Å²) in [6, 6.07) is 8.20. The average molecular weight is 260 g/mol. The second-order valence-electron chi connectivity index (χ2n) is 6.65. The monoisotopic (exact) mass is 260 g/mol. The molecule has 1 aliphatic carbocycles. The molecule has 0 heterocycles. The first-order valence-electron chi connectivity index (χ1n) is 7.65. The van der Waals surface area contributed by atoms with Crippen LogP contribution in [0.15, 0.2) is 24.3 Å². The molecule has 0 spiro atoms. The molecule has 0 aliphatic heterocycles. The van der Waals surface area contributed by atoms with Gasteiger partial charge in [-0.1, -0.05) is 38.8 Å². The van der Waals surface area contributed by atoms with E-state index in [1.54, 1.807) is 0 Å². The molecule has 0 amide bonds. The maximum Gasteiger partial charge on any atom is 0.0314 e. The first-order valence-corrected chi connectivity index (χ1v) is 7.65. The van der Waals surface area contributed by atoms with Crippen LogP contribution in [-0.4, -0.2) is 6.54 Å². The molecule has 2 nitrogen and oxygen atoms in total. The predicted molar refractivity (Wildman–Crippen MR) is 82.9 cm³/mol. The van der Waals surface area contributed by atoms with Crippen LogP contribution in [0.3, 0.4) is 0 Å². The molecule has 0 unspecified atom stereocenters. The highest BCUT2D eigenvalue weighted by Crippen LogP contribution is 2.42. The molecule has 1 aromatic rings. The van der Waals surface area contributed by atoms with Gasteiger partial charge in [-0.25, -0.2) is 0 Å². The number of hydrogen-bond acceptors (Lipinski definition) is 2. The number of nitrogens with two attached hydrogens (primary N) is 1. The molecule has 1 fully saturated rings. The van der Waals surface area contributed by atoms with Gasteiger partial charge in [0.05, 0.1) is 0 Å². The van der Waals surface area contributed by atoms with Gasteiger partial charge in [-0.3, -0.25) is 0 Å². The van der Waals surface area contributed by atoms with Gasteiger partial charge >= 0.3 is 0 Å². The molecule has 0 aromatic heterocycles. The van der Waals surface area contributed by atoms with Gasteiger partial charge < -0.3 is 11.1 Å². The van der Waals surface area contributed by atoms with Crippen LogP contribution in [0, 0.1) is 11.3 Å².